The summed E-state index contributed by atoms with van der Waals surface area (Å²) in [5.74, 6) is 1.67. The van der Waals surface area contributed by atoms with Crippen LogP contribution in [0.4, 0.5) is 11.4 Å². The van der Waals surface area contributed by atoms with Crippen molar-refractivity contribution in [3.8, 4) is 11.5 Å². The van der Waals surface area contributed by atoms with Crippen molar-refractivity contribution in [2.24, 2.45) is 0 Å². The van der Waals surface area contributed by atoms with E-state index in [9.17, 15) is 9.59 Å². The van der Waals surface area contributed by atoms with Crippen LogP contribution in [0.5, 0.6) is 11.5 Å². The molecule has 0 spiro atoms. The number of benzene rings is 2. The van der Waals surface area contributed by atoms with Crippen LogP contribution in [0.15, 0.2) is 42.5 Å². The van der Waals surface area contributed by atoms with E-state index in [2.05, 4.69) is 11.0 Å². The van der Waals surface area contributed by atoms with Gasteiger partial charge in [-0.15, -0.1) is 0 Å². The maximum absolute atomic E-state index is 12.7. The van der Waals surface area contributed by atoms with Crippen LogP contribution in [0.2, 0.25) is 0 Å². The molecular formula is C24H29N3O4. The number of fused-ring (bicyclic) bond motifs is 1. The molecule has 0 aromatic heterocycles. The van der Waals surface area contributed by atoms with Crippen molar-refractivity contribution in [3.05, 3.63) is 48.0 Å². The summed E-state index contributed by atoms with van der Waals surface area (Å²) < 4.78 is 11.0. The first-order valence-electron chi connectivity index (χ1n) is 10.8. The summed E-state index contributed by atoms with van der Waals surface area (Å²) in [5, 5.41) is 0. The third-order valence-electron chi connectivity index (χ3n) is 5.89. The second-order valence-electron chi connectivity index (χ2n) is 7.95. The molecule has 0 atom stereocenters. The van der Waals surface area contributed by atoms with Crippen LogP contribution in [0, 0.1) is 6.92 Å². The molecule has 2 aliphatic heterocycles. The van der Waals surface area contributed by atoms with Crippen molar-refractivity contribution >= 4 is 23.2 Å². The largest absolute Gasteiger partial charge is 0.495 e. The molecule has 2 heterocycles. The lowest BCUT2D eigenvalue weighted by Gasteiger charge is -2.36. The van der Waals surface area contributed by atoms with Gasteiger partial charge in [-0.3, -0.25) is 9.59 Å². The smallest absolute Gasteiger partial charge is 0.265 e. The number of anilines is 2. The molecule has 164 valence electrons. The molecule has 1 fully saturated rings. The van der Waals surface area contributed by atoms with Crippen LogP contribution in [-0.2, 0) is 9.59 Å². The number of carbonyl (C=O) groups is 2. The van der Waals surface area contributed by atoms with Gasteiger partial charge in [-0.25, -0.2) is 0 Å². The van der Waals surface area contributed by atoms with Gasteiger partial charge in [0.25, 0.3) is 5.91 Å². The van der Waals surface area contributed by atoms with E-state index in [0.29, 0.717) is 32.5 Å². The number of aryl methyl sites for hydroxylation is 1. The Bertz CT molecular complexity index is 954. The molecule has 0 radical (unpaired) electrons. The summed E-state index contributed by atoms with van der Waals surface area (Å²) in [7, 11) is 1.68. The minimum Gasteiger partial charge on any atom is -0.495 e. The predicted molar refractivity (Wildman–Crippen MR) is 120 cm³/mol. The molecule has 7 heteroatoms. The first kappa shape index (κ1) is 21.0. The van der Waals surface area contributed by atoms with Crippen LogP contribution >= 0.6 is 0 Å². The van der Waals surface area contributed by atoms with E-state index in [4.69, 9.17) is 9.47 Å². The predicted octanol–water partition coefficient (Wildman–Crippen LogP) is 2.86. The zero-order chi connectivity index (χ0) is 21.8. The number of para-hydroxylation sites is 2. The number of rotatable bonds is 6. The van der Waals surface area contributed by atoms with E-state index in [0.717, 1.165) is 41.5 Å². The third-order valence-corrected chi connectivity index (χ3v) is 5.89. The number of nitrogens with zero attached hydrogens (tertiary/aromatic N) is 3. The molecule has 7 nitrogen and oxygen atoms in total. The molecule has 2 amide bonds. The van der Waals surface area contributed by atoms with Crippen LogP contribution in [-0.4, -0.2) is 63.2 Å². The van der Waals surface area contributed by atoms with Crippen molar-refractivity contribution in [3.63, 3.8) is 0 Å². The maximum atomic E-state index is 12.7. The highest BCUT2D eigenvalue weighted by Crippen LogP contribution is 2.33. The molecular weight excluding hydrogens is 394 g/mol. The Morgan fingerprint density at radius 1 is 1.06 bits per heavy atom. The molecule has 0 bridgehead atoms. The minimum absolute atomic E-state index is 0.0509. The molecule has 0 N–H and O–H groups in total. The molecule has 1 saturated heterocycles. The zero-order valence-corrected chi connectivity index (χ0v) is 18.2. The molecule has 0 unspecified atom stereocenters. The lowest BCUT2D eigenvalue weighted by Crippen LogP contribution is -2.49. The Hall–Kier alpha value is -3.22. The summed E-state index contributed by atoms with van der Waals surface area (Å²) in [6.45, 7) is 5.50. The van der Waals surface area contributed by atoms with Gasteiger partial charge in [-0.05, 0) is 43.2 Å². The Kier molecular flexibility index (Phi) is 6.30. The fraction of sp³-hybridized carbons (Fsp3) is 0.417. The third kappa shape index (κ3) is 4.60. The quantitative estimate of drug-likeness (QED) is 0.715. The summed E-state index contributed by atoms with van der Waals surface area (Å²) in [4.78, 5) is 31.0. The van der Waals surface area contributed by atoms with Crippen molar-refractivity contribution < 1.29 is 19.1 Å². The SMILES string of the molecule is COc1ccccc1N1CCN(C(=O)CCCN2C(=O)COc3cc(C)ccc32)CC1. The monoisotopic (exact) mass is 423 g/mol. The highest BCUT2D eigenvalue weighted by molar-refractivity contribution is 5.97. The Morgan fingerprint density at radius 3 is 2.61 bits per heavy atom. The normalized spacial score (nSPS) is 16.1. The number of hydrogen-bond donors (Lipinski definition) is 0. The Morgan fingerprint density at radius 2 is 1.84 bits per heavy atom. The average molecular weight is 424 g/mol. The lowest BCUT2D eigenvalue weighted by atomic mass is 10.1. The first-order chi connectivity index (χ1) is 15.1. The first-order valence-corrected chi connectivity index (χ1v) is 10.8. The van der Waals surface area contributed by atoms with E-state index in [-0.39, 0.29) is 18.4 Å². The highest BCUT2D eigenvalue weighted by Gasteiger charge is 2.26. The van der Waals surface area contributed by atoms with Gasteiger partial charge < -0.3 is 24.2 Å². The molecule has 4 rings (SSSR count). The van der Waals surface area contributed by atoms with E-state index >= 15 is 0 Å². The zero-order valence-electron chi connectivity index (χ0n) is 18.2. The standard InChI is InChI=1S/C24H29N3O4/c1-18-9-10-20-22(16-18)31-17-24(29)27(20)11-5-8-23(28)26-14-12-25(13-15-26)19-6-3-4-7-21(19)30-2/h3-4,6-7,9-10,16H,5,8,11-15,17H2,1-2H3. The molecule has 2 aliphatic rings. The number of methoxy groups -OCH3 is 1. The van der Waals surface area contributed by atoms with Gasteiger partial charge in [0.1, 0.15) is 11.5 Å². The second kappa shape index (κ2) is 9.29. The Balaban J connectivity index is 1.28. The van der Waals surface area contributed by atoms with Crippen LogP contribution in [0.1, 0.15) is 18.4 Å². The molecule has 0 aliphatic carbocycles. The summed E-state index contributed by atoms with van der Waals surface area (Å²) >= 11 is 0. The van der Waals surface area contributed by atoms with E-state index in [1.54, 1.807) is 12.0 Å². The fourth-order valence-electron chi connectivity index (χ4n) is 4.19. The Labute approximate surface area is 183 Å². The van der Waals surface area contributed by atoms with Crippen LogP contribution in [0.25, 0.3) is 0 Å². The van der Waals surface area contributed by atoms with E-state index in [1.165, 1.54) is 0 Å². The van der Waals surface area contributed by atoms with E-state index in [1.807, 2.05) is 48.2 Å². The van der Waals surface area contributed by atoms with Crippen molar-refractivity contribution in [1.82, 2.24) is 4.90 Å². The topological polar surface area (TPSA) is 62.3 Å². The summed E-state index contributed by atoms with van der Waals surface area (Å²) in [6.07, 6.45) is 1.06. The second-order valence-corrected chi connectivity index (χ2v) is 7.95. The van der Waals surface area contributed by atoms with Gasteiger partial charge in [-0.2, -0.15) is 0 Å². The number of amides is 2. The fourth-order valence-corrected chi connectivity index (χ4v) is 4.19. The number of piperazine rings is 1. The molecule has 31 heavy (non-hydrogen) atoms. The average Bonchev–Trinajstić information content (AvgIpc) is 2.80. The molecule has 2 aromatic carbocycles. The van der Waals surface area contributed by atoms with Crippen molar-refractivity contribution in [2.75, 3.05) is 56.2 Å². The van der Waals surface area contributed by atoms with Crippen molar-refractivity contribution in [1.29, 1.82) is 0 Å². The number of ether oxygens (including phenoxy) is 2. The van der Waals surface area contributed by atoms with Crippen molar-refractivity contribution in [2.45, 2.75) is 19.8 Å². The van der Waals surface area contributed by atoms with Gasteiger partial charge in [0, 0.05) is 39.1 Å². The van der Waals surface area contributed by atoms with Crippen LogP contribution < -0.4 is 19.3 Å². The number of hydrogen-bond acceptors (Lipinski definition) is 5. The van der Waals surface area contributed by atoms with E-state index < -0.39 is 0 Å². The van der Waals surface area contributed by atoms with Gasteiger partial charge in [-0.1, -0.05) is 18.2 Å². The van der Waals surface area contributed by atoms with Gasteiger partial charge in [0.15, 0.2) is 6.61 Å². The summed E-state index contributed by atoms with van der Waals surface area (Å²) in [6, 6.07) is 13.8. The lowest BCUT2D eigenvalue weighted by molar-refractivity contribution is -0.131. The maximum Gasteiger partial charge on any atom is 0.265 e. The minimum atomic E-state index is -0.0609. The van der Waals surface area contributed by atoms with Gasteiger partial charge in [0.05, 0.1) is 18.5 Å². The van der Waals surface area contributed by atoms with Crippen LogP contribution in [0.3, 0.4) is 0 Å². The molecule has 2 aromatic rings. The highest BCUT2D eigenvalue weighted by atomic mass is 16.5. The summed E-state index contributed by atoms with van der Waals surface area (Å²) in [5.41, 5.74) is 2.95. The molecule has 0 saturated carbocycles. The van der Waals surface area contributed by atoms with Gasteiger partial charge >= 0.3 is 0 Å². The number of carbonyl (C=O) groups excluding carboxylic acids is 2. The van der Waals surface area contributed by atoms with Gasteiger partial charge in [0.2, 0.25) is 5.91 Å².